The number of halogens is 3. The van der Waals surface area contributed by atoms with Gasteiger partial charge in [0.1, 0.15) is 5.76 Å². The van der Waals surface area contributed by atoms with Gasteiger partial charge in [-0.05, 0) is 42.5 Å². The van der Waals surface area contributed by atoms with Gasteiger partial charge in [0.25, 0.3) is 5.91 Å². The molecule has 3 rings (SSSR count). The van der Waals surface area contributed by atoms with Crippen molar-refractivity contribution in [1.29, 1.82) is 0 Å². The first-order valence-corrected chi connectivity index (χ1v) is 7.01. The van der Waals surface area contributed by atoms with Gasteiger partial charge in [0.2, 0.25) is 0 Å². The number of hydrogen-bond donors (Lipinski definition) is 1. The number of alkyl halides is 3. The van der Waals surface area contributed by atoms with Gasteiger partial charge in [0, 0.05) is 5.56 Å². The van der Waals surface area contributed by atoms with Crippen LogP contribution in [0.15, 0.2) is 63.6 Å². The minimum atomic E-state index is -4.49. The molecule has 0 saturated carbocycles. The van der Waals surface area contributed by atoms with Gasteiger partial charge in [-0.3, -0.25) is 4.79 Å². The second-order valence-corrected chi connectivity index (χ2v) is 5.00. The highest BCUT2D eigenvalue weighted by molar-refractivity contribution is 5.94. The van der Waals surface area contributed by atoms with Crippen LogP contribution < -0.4 is 5.32 Å². The van der Waals surface area contributed by atoms with Crippen LogP contribution in [0.2, 0.25) is 0 Å². The van der Waals surface area contributed by atoms with Crippen molar-refractivity contribution in [3.8, 4) is 11.5 Å². The van der Waals surface area contributed by atoms with Gasteiger partial charge in [-0.15, -0.1) is 0 Å². The lowest BCUT2D eigenvalue weighted by molar-refractivity contribution is -0.137. The van der Waals surface area contributed by atoms with Gasteiger partial charge in [0.15, 0.2) is 11.5 Å². The SMILES string of the molecule is O=C(NCc1ccc(-c2ccco2)o1)c1cccc(C(F)(F)F)c1. The van der Waals surface area contributed by atoms with E-state index in [0.29, 0.717) is 17.3 Å². The zero-order chi connectivity index (χ0) is 17.2. The second kappa shape index (κ2) is 6.27. The van der Waals surface area contributed by atoms with Crippen molar-refractivity contribution in [3.05, 3.63) is 71.7 Å². The Hall–Kier alpha value is -2.96. The molecule has 0 atom stereocenters. The predicted molar refractivity (Wildman–Crippen MR) is 79.0 cm³/mol. The Balaban J connectivity index is 1.66. The summed E-state index contributed by atoms with van der Waals surface area (Å²) < 4.78 is 48.7. The van der Waals surface area contributed by atoms with E-state index >= 15 is 0 Å². The molecule has 0 spiro atoms. The number of hydrogen-bond acceptors (Lipinski definition) is 3. The largest absolute Gasteiger partial charge is 0.461 e. The summed E-state index contributed by atoms with van der Waals surface area (Å²) in [4.78, 5) is 12.0. The van der Waals surface area contributed by atoms with E-state index in [4.69, 9.17) is 8.83 Å². The molecule has 0 radical (unpaired) electrons. The van der Waals surface area contributed by atoms with Crippen LogP contribution >= 0.6 is 0 Å². The summed E-state index contributed by atoms with van der Waals surface area (Å²) in [5, 5.41) is 2.52. The smallest absolute Gasteiger partial charge is 0.416 e. The molecule has 124 valence electrons. The summed E-state index contributed by atoms with van der Waals surface area (Å²) in [6.07, 6.45) is -2.98. The van der Waals surface area contributed by atoms with E-state index in [1.165, 1.54) is 18.4 Å². The molecule has 2 heterocycles. The minimum absolute atomic E-state index is 0.0514. The molecular weight excluding hydrogens is 323 g/mol. The fourth-order valence-electron chi connectivity index (χ4n) is 2.13. The molecule has 2 aromatic heterocycles. The van der Waals surface area contributed by atoms with Crippen LogP contribution in [0.3, 0.4) is 0 Å². The molecule has 0 unspecified atom stereocenters. The van der Waals surface area contributed by atoms with Crippen molar-refractivity contribution in [1.82, 2.24) is 5.32 Å². The van der Waals surface area contributed by atoms with Gasteiger partial charge in [-0.25, -0.2) is 0 Å². The van der Waals surface area contributed by atoms with E-state index in [1.54, 1.807) is 24.3 Å². The molecule has 0 aliphatic heterocycles. The number of carbonyl (C=O) groups excluding carboxylic acids is 1. The third kappa shape index (κ3) is 3.51. The Morgan fingerprint density at radius 3 is 2.58 bits per heavy atom. The van der Waals surface area contributed by atoms with Crippen molar-refractivity contribution < 1.29 is 26.8 Å². The highest BCUT2D eigenvalue weighted by Crippen LogP contribution is 2.29. The normalized spacial score (nSPS) is 11.5. The average molecular weight is 335 g/mol. The Kier molecular flexibility index (Phi) is 4.16. The number of benzene rings is 1. The summed E-state index contributed by atoms with van der Waals surface area (Å²) in [6.45, 7) is 0.0514. The first kappa shape index (κ1) is 15.9. The van der Waals surface area contributed by atoms with E-state index in [1.807, 2.05) is 0 Å². The second-order valence-electron chi connectivity index (χ2n) is 5.00. The van der Waals surface area contributed by atoms with E-state index in [-0.39, 0.29) is 12.1 Å². The zero-order valence-corrected chi connectivity index (χ0v) is 12.3. The van der Waals surface area contributed by atoms with E-state index in [0.717, 1.165) is 12.1 Å². The minimum Gasteiger partial charge on any atom is -0.461 e. The molecule has 3 aromatic rings. The average Bonchev–Trinajstić information content (AvgIpc) is 3.23. The van der Waals surface area contributed by atoms with Crippen molar-refractivity contribution in [3.63, 3.8) is 0 Å². The zero-order valence-electron chi connectivity index (χ0n) is 12.3. The molecule has 7 heteroatoms. The lowest BCUT2D eigenvalue weighted by Gasteiger charge is -2.08. The molecule has 0 aliphatic rings. The van der Waals surface area contributed by atoms with Crippen molar-refractivity contribution in [2.75, 3.05) is 0 Å². The Morgan fingerprint density at radius 1 is 1.04 bits per heavy atom. The third-order valence-corrected chi connectivity index (χ3v) is 3.30. The third-order valence-electron chi connectivity index (χ3n) is 3.30. The van der Waals surface area contributed by atoms with Crippen LogP contribution in [-0.2, 0) is 12.7 Å². The van der Waals surface area contributed by atoms with Crippen molar-refractivity contribution in [2.24, 2.45) is 0 Å². The first-order chi connectivity index (χ1) is 11.4. The lowest BCUT2D eigenvalue weighted by atomic mass is 10.1. The quantitative estimate of drug-likeness (QED) is 0.764. The predicted octanol–water partition coefficient (Wildman–Crippen LogP) is 4.49. The number of furan rings is 2. The lowest BCUT2D eigenvalue weighted by Crippen LogP contribution is -2.23. The number of rotatable bonds is 4. The molecular formula is C17H12F3NO3. The van der Waals surface area contributed by atoms with Gasteiger partial charge >= 0.3 is 6.18 Å². The van der Waals surface area contributed by atoms with Crippen molar-refractivity contribution >= 4 is 5.91 Å². The van der Waals surface area contributed by atoms with Crippen LogP contribution in [0.4, 0.5) is 13.2 Å². The first-order valence-electron chi connectivity index (χ1n) is 7.01. The van der Waals surface area contributed by atoms with Crippen LogP contribution in [0.5, 0.6) is 0 Å². The van der Waals surface area contributed by atoms with Crippen LogP contribution in [0, 0.1) is 0 Å². The summed E-state index contributed by atoms with van der Waals surface area (Å²) in [5.74, 6) is 0.896. The number of nitrogens with one attached hydrogen (secondary N) is 1. The van der Waals surface area contributed by atoms with E-state index < -0.39 is 17.6 Å². The van der Waals surface area contributed by atoms with Crippen LogP contribution in [0.25, 0.3) is 11.5 Å². The molecule has 1 aromatic carbocycles. The van der Waals surface area contributed by atoms with Crippen molar-refractivity contribution in [2.45, 2.75) is 12.7 Å². The highest BCUT2D eigenvalue weighted by atomic mass is 19.4. The Morgan fingerprint density at radius 2 is 1.88 bits per heavy atom. The molecule has 0 saturated heterocycles. The molecule has 4 nitrogen and oxygen atoms in total. The molecule has 0 fully saturated rings. The van der Waals surface area contributed by atoms with Crippen LogP contribution in [-0.4, -0.2) is 5.91 Å². The summed E-state index contributed by atoms with van der Waals surface area (Å²) in [6, 6.07) is 11.0. The summed E-state index contributed by atoms with van der Waals surface area (Å²) in [7, 11) is 0. The van der Waals surface area contributed by atoms with Gasteiger partial charge in [0.05, 0.1) is 18.4 Å². The fraction of sp³-hybridized carbons (Fsp3) is 0.118. The van der Waals surface area contributed by atoms with E-state index in [2.05, 4.69) is 5.32 Å². The summed E-state index contributed by atoms with van der Waals surface area (Å²) in [5.41, 5.74) is -0.934. The monoisotopic (exact) mass is 335 g/mol. The van der Waals surface area contributed by atoms with Gasteiger partial charge in [-0.2, -0.15) is 13.2 Å². The molecule has 0 aliphatic carbocycles. The summed E-state index contributed by atoms with van der Waals surface area (Å²) >= 11 is 0. The fourth-order valence-corrected chi connectivity index (χ4v) is 2.13. The topological polar surface area (TPSA) is 55.4 Å². The maximum Gasteiger partial charge on any atom is 0.416 e. The van der Waals surface area contributed by atoms with Gasteiger partial charge < -0.3 is 14.2 Å². The molecule has 1 N–H and O–H groups in total. The Labute approximate surface area is 134 Å². The van der Waals surface area contributed by atoms with Crippen LogP contribution in [0.1, 0.15) is 21.7 Å². The molecule has 1 amide bonds. The number of amides is 1. The number of carbonyl (C=O) groups is 1. The standard InChI is InChI=1S/C17H12F3NO3/c18-17(19,20)12-4-1-3-11(9-12)16(22)21-10-13-6-7-15(24-13)14-5-2-8-23-14/h1-9H,10H2,(H,21,22). The maximum atomic E-state index is 12.7. The highest BCUT2D eigenvalue weighted by Gasteiger charge is 2.30. The van der Waals surface area contributed by atoms with Gasteiger partial charge in [-0.1, -0.05) is 6.07 Å². The Bertz CT molecular complexity index is 835. The van der Waals surface area contributed by atoms with E-state index in [9.17, 15) is 18.0 Å². The maximum absolute atomic E-state index is 12.7. The molecule has 0 bridgehead atoms. The molecule has 24 heavy (non-hydrogen) atoms.